The second-order valence-corrected chi connectivity index (χ2v) is 8.42. The Labute approximate surface area is 149 Å². The lowest BCUT2D eigenvalue weighted by molar-refractivity contribution is -0.109. The summed E-state index contributed by atoms with van der Waals surface area (Å²) < 4.78 is 0. The molecule has 144 valence electrons. The van der Waals surface area contributed by atoms with Crippen LogP contribution in [0.25, 0.3) is 0 Å². The van der Waals surface area contributed by atoms with Gasteiger partial charge in [-0.3, -0.25) is 0 Å². The highest BCUT2D eigenvalue weighted by Crippen LogP contribution is 2.17. The Morgan fingerprint density at radius 3 is 1.25 bits per heavy atom. The summed E-state index contributed by atoms with van der Waals surface area (Å²) in [6.45, 7) is 11.4. The zero-order chi connectivity index (χ0) is 19.2. The van der Waals surface area contributed by atoms with Crippen LogP contribution in [0, 0.1) is 11.8 Å². The summed E-state index contributed by atoms with van der Waals surface area (Å²) in [6.07, 6.45) is 8.91. The van der Waals surface area contributed by atoms with Crippen LogP contribution in [0.1, 0.15) is 92.9 Å². The van der Waals surface area contributed by atoms with Crippen LogP contribution in [0.4, 0.5) is 0 Å². The third-order valence-electron chi connectivity index (χ3n) is 3.97. The fraction of sp³-hybridized carbons (Fsp3) is 0.900. The third-order valence-corrected chi connectivity index (χ3v) is 3.97. The second kappa shape index (κ2) is 13.5. The molecule has 24 heavy (non-hydrogen) atoms. The van der Waals surface area contributed by atoms with E-state index in [1.165, 1.54) is 0 Å². The van der Waals surface area contributed by atoms with E-state index in [1.807, 2.05) is 27.7 Å². The monoisotopic (exact) mass is 344 g/mol. The van der Waals surface area contributed by atoms with Gasteiger partial charge in [0, 0.05) is 12.8 Å². The van der Waals surface area contributed by atoms with E-state index < -0.39 is 11.2 Å². The van der Waals surface area contributed by atoms with Gasteiger partial charge >= 0.3 is 0 Å². The first kappa shape index (κ1) is 25.5. The zero-order valence-corrected chi connectivity index (χ0v) is 16.7. The Balaban J connectivity index is 0. The minimum Gasteiger partial charge on any atom is -0.390 e. The molecular formula is C20H40O4. The summed E-state index contributed by atoms with van der Waals surface area (Å²) in [7, 11) is 0. The molecule has 0 aromatic heterocycles. The highest BCUT2D eigenvalue weighted by molar-refractivity contribution is 5.49. The van der Waals surface area contributed by atoms with Gasteiger partial charge in [-0.15, -0.1) is 0 Å². The number of aldehydes is 2. The molecule has 0 amide bonds. The van der Waals surface area contributed by atoms with Gasteiger partial charge in [-0.05, 0) is 52.4 Å². The lowest BCUT2D eigenvalue weighted by Gasteiger charge is -2.17. The summed E-state index contributed by atoms with van der Waals surface area (Å²) in [5.74, 6) is 0.926. The molecule has 0 rings (SSSR count). The van der Waals surface area contributed by atoms with E-state index in [9.17, 15) is 19.8 Å². The van der Waals surface area contributed by atoms with Crippen molar-refractivity contribution in [2.24, 2.45) is 11.8 Å². The molecule has 0 saturated carbocycles. The molecule has 0 radical (unpaired) electrons. The summed E-state index contributed by atoms with van der Waals surface area (Å²) in [4.78, 5) is 20.3. The van der Waals surface area contributed by atoms with Crippen LogP contribution in [0.5, 0.6) is 0 Å². The Kier molecular flexibility index (Phi) is 14.4. The number of aliphatic hydroxyl groups is 2. The molecule has 0 spiro atoms. The molecule has 4 heteroatoms. The normalized spacial score (nSPS) is 14.3. The van der Waals surface area contributed by atoms with Gasteiger partial charge in [0.05, 0.1) is 11.2 Å². The van der Waals surface area contributed by atoms with E-state index in [-0.39, 0.29) is 0 Å². The lowest BCUT2D eigenvalue weighted by Crippen LogP contribution is -2.18. The van der Waals surface area contributed by atoms with Gasteiger partial charge in [-0.25, -0.2) is 0 Å². The van der Waals surface area contributed by atoms with Gasteiger partial charge in [0.25, 0.3) is 0 Å². The molecular weight excluding hydrogens is 304 g/mol. The van der Waals surface area contributed by atoms with Crippen molar-refractivity contribution >= 4 is 12.6 Å². The van der Waals surface area contributed by atoms with E-state index in [4.69, 9.17) is 0 Å². The number of hydrogen-bond donors (Lipinski definition) is 2. The summed E-state index contributed by atoms with van der Waals surface area (Å²) in [5.41, 5.74) is -1.11. The molecule has 2 atom stereocenters. The quantitative estimate of drug-likeness (QED) is 0.517. The number of carbonyl (C=O) groups is 2. The fourth-order valence-electron chi connectivity index (χ4n) is 2.33. The molecule has 4 nitrogen and oxygen atoms in total. The van der Waals surface area contributed by atoms with Crippen LogP contribution in [0.15, 0.2) is 0 Å². The molecule has 0 aromatic rings. The maximum Gasteiger partial charge on any atom is 0.120 e. The maximum atomic E-state index is 10.1. The van der Waals surface area contributed by atoms with Crippen LogP contribution >= 0.6 is 0 Å². The van der Waals surface area contributed by atoms with Crippen LogP contribution in [0.2, 0.25) is 0 Å². The lowest BCUT2D eigenvalue weighted by atomic mass is 9.96. The van der Waals surface area contributed by atoms with Gasteiger partial charge in [0.15, 0.2) is 0 Å². The van der Waals surface area contributed by atoms with Crippen molar-refractivity contribution in [3.63, 3.8) is 0 Å². The molecule has 0 aliphatic heterocycles. The number of carbonyl (C=O) groups excluding carboxylic acids is 2. The third kappa shape index (κ3) is 23.5. The van der Waals surface area contributed by atoms with Crippen molar-refractivity contribution in [1.82, 2.24) is 0 Å². The topological polar surface area (TPSA) is 74.6 Å². The average molecular weight is 345 g/mol. The molecule has 0 aliphatic rings. The van der Waals surface area contributed by atoms with Crippen molar-refractivity contribution in [1.29, 1.82) is 0 Å². The molecule has 0 fully saturated rings. The fourth-order valence-corrected chi connectivity index (χ4v) is 2.33. The van der Waals surface area contributed by atoms with Gasteiger partial charge in [-0.2, -0.15) is 0 Å². The first-order chi connectivity index (χ1) is 10.9. The van der Waals surface area contributed by atoms with E-state index in [2.05, 4.69) is 13.8 Å². The van der Waals surface area contributed by atoms with Crippen molar-refractivity contribution < 1.29 is 19.8 Å². The molecule has 2 unspecified atom stereocenters. The van der Waals surface area contributed by atoms with Crippen LogP contribution < -0.4 is 0 Å². The average Bonchev–Trinajstić information content (AvgIpc) is 2.37. The number of hydrogen-bond acceptors (Lipinski definition) is 4. The first-order valence-electron chi connectivity index (χ1n) is 9.23. The van der Waals surface area contributed by atoms with Gasteiger partial charge in [0.1, 0.15) is 12.6 Å². The van der Waals surface area contributed by atoms with Crippen LogP contribution in [-0.4, -0.2) is 34.0 Å². The van der Waals surface area contributed by atoms with Gasteiger partial charge in [0.2, 0.25) is 0 Å². The van der Waals surface area contributed by atoms with Crippen molar-refractivity contribution in [3.05, 3.63) is 0 Å². The highest BCUT2D eigenvalue weighted by Gasteiger charge is 2.13. The standard InChI is InChI=1S/2C10H20O2/c2*1-9(6-8-11)5-4-7-10(2,3)12/h2*8-9,12H,4-7H2,1-3H3. The molecule has 2 N–H and O–H groups in total. The predicted octanol–water partition coefficient (Wildman–Crippen LogP) is 4.31. The smallest absolute Gasteiger partial charge is 0.120 e. The number of rotatable bonds is 12. The molecule has 0 aromatic carbocycles. The summed E-state index contributed by atoms with van der Waals surface area (Å²) in [6, 6.07) is 0. The van der Waals surface area contributed by atoms with E-state index >= 15 is 0 Å². The van der Waals surface area contributed by atoms with Crippen LogP contribution in [-0.2, 0) is 9.59 Å². The second-order valence-electron chi connectivity index (χ2n) is 8.42. The van der Waals surface area contributed by atoms with Gasteiger partial charge < -0.3 is 19.8 Å². The Bertz CT molecular complexity index is 281. The Morgan fingerprint density at radius 2 is 1.04 bits per heavy atom. The molecule has 0 saturated heterocycles. The summed E-state index contributed by atoms with van der Waals surface area (Å²) >= 11 is 0. The Hall–Kier alpha value is -0.740. The Morgan fingerprint density at radius 1 is 0.750 bits per heavy atom. The molecule has 0 heterocycles. The minimum atomic E-state index is -0.555. The minimum absolute atomic E-state index is 0.463. The molecule has 0 bridgehead atoms. The van der Waals surface area contributed by atoms with Crippen molar-refractivity contribution in [3.8, 4) is 0 Å². The maximum absolute atomic E-state index is 10.1. The van der Waals surface area contributed by atoms with E-state index in [0.29, 0.717) is 24.7 Å². The van der Waals surface area contributed by atoms with E-state index in [1.54, 1.807) is 0 Å². The van der Waals surface area contributed by atoms with Crippen molar-refractivity contribution in [2.75, 3.05) is 0 Å². The zero-order valence-electron chi connectivity index (χ0n) is 16.7. The predicted molar refractivity (Wildman–Crippen MR) is 100.0 cm³/mol. The molecule has 0 aliphatic carbocycles. The first-order valence-corrected chi connectivity index (χ1v) is 9.23. The van der Waals surface area contributed by atoms with Crippen LogP contribution in [0.3, 0.4) is 0 Å². The summed E-state index contributed by atoms with van der Waals surface area (Å²) in [5, 5.41) is 18.8. The largest absolute Gasteiger partial charge is 0.390 e. The highest BCUT2D eigenvalue weighted by atomic mass is 16.3. The van der Waals surface area contributed by atoms with Crippen molar-refractivity contribution in [2.45, 2.75) is 104 Å². The van der Waals surface area contributed by atoms with E-state index in [0.717, 1.165) is 51.1 Å². The SMILES string of the molecule is CC(CC=O)CCCC(C)(C)O.CC(CC=O)CCCC(C)(C)O. The van der Waals surface area contributed by atoms with Gasteiger partial charge in [-0.1, -0.05) is 39.5 Å².